The fraction of sp³-hybridized carbons (Fsp3) is 0.0556. The van der Waals surface area contributed by atoms with E-state index in [1.54, 1.807) is 10.9 Å². The second kappa shape index (κ2) is 5.66. The zero-order valence-electron chi connectivity index (χ0n) is 13.0. The maximum atomic E-state index is 12.5. The highest BCUT2D eigenvalue weighted by Crippen LogP contribution is 2.17. The van der Waals surface area contributed by atoms with Crippen LogP contribution in [-0.4, -0.2) is 25.7 Å². The summed E-state index contributed by atoms with van der Waals surface area (Å²) >= 11 is 0. The summed E-state index contributed by atoms with van der Waals surface area (Å²) in [5, 5.41) is 7.11. The molecule has 2 heterocycles. The smallest absolute Gasteiger partial charge is 0.261 e. The minimum Gasteiger partial charge on any atom is -0.324 e. The van der Waals surface area contributed by atoms with Crippen molar-refractivity contribution in [3.05, 3.63) is 72.1 Å². The Morgan fingerprint density at radius 1 is 1.08 bits per heavy atom. The Morgan fingerprint density at radius 2 is 1.83 bits per heavy atom. The maximum Gasteiger partial charge on any atom is 0.261 e. The number of fused-ring (bicyclic) bond motifs is 1. The second-order valence-corrected chi connectivity index (χ2v) is 5.45. The number of rotatable bonds is 3. The molecule has 6 heteroatoms. The molecule has 4 rings (SSSR count). The molecular formula is C18H15N5O. The van der Waals surface area contributed by atoms with E-state index < -0.39 is 0 Å². The number of aromatic amines is 1. The fourth-order valence-electron chi connectivity index (χ4n) is 2.65. The van der Waals surface area contributed by atoms with Crippen LogP contribution in [0, 0.1) is 6.92 Å². The Bertz CT molecular complexity index is 983. The van der Waals surface area contributed by atoms with E-state index in [4.69, 9.17) is 0 Å². The molecular weight excluding hydrogens is 302 g/mol. The highest BCUT2D eigenvalue weighted by atomic mass is 16.1. The van der Waals surface area contributed by atoms with E-state index >= 15 is 0 Å². The molecule has 0 unspecified atom stereocenters. The third-order valence-electron chi connectivity index (χ3n) is 3.88. The Balaban J connectivity index is 1.62. The molecule has 2 N–H and O–H groups in total. The average Bonchev–Trinajstić information content (AvgIpc) is 3.18. The van der Waals surface area contributed by atoms with Gasteiger partial charge in [0.1, 0.15) is 0 Å². The summed E-state index contributed by atoms with van der Waals surface area (Å²) in [6.45, 7) is 1.87. The molecule has 2 aromatic heterocycles. The van der Waals surface area contributed by atoms with E-state index in [0.717, 1.165) is 22.4 Å². The van der Waals surface area contributed by atoms with Gasteiger partial charge in [0.25, 0.3) is 5.91 Å². The molecule has 6 nitrogen and oxygen atoms in total. The number of para-hydroxylation sites is 3. The summed E-state index contributed by atoms with van der Waals surface area (Å²) in [5.41, 5.74) is 3.89. The number of nitrogens with one attached hydrogen (secondary N) is 2. The number of carbonyl (C=O) groups excluding carboxylic acids is 1. The third-order valence-corrected chi connectivity index (χ3v) is 3.88. The van der Waals surface area contributed by atoms with Gasteiger partial charge in [-0.25, -0.2) is 9.67 Å². The van der Waals surface area contributed by atoms with Gasteiger partial charge in [-0.2, -0.15) is 5.10 Å². The molecule has 1 amide bonds. The first-order chi connectivity index (χ1) is 11.7. The minimum atomic E-state index is -0.242. The summed E-state index contributed by atoms with van der Waals surface area (Å²) in [6, 6.07) is 17.3. The van der Waals surface area contributed by atoms with Gasteiger partial charge in [0.05, 0.1) is 34.2 Å². The summed E-state index contributed by atoms with van der Waals surface area (Å²) in [6.07, 6.45) is 1.57. The maximum absolute atomic E-state index is 12.5. The van der Waals surface area contributed by atoms with E-state index in [1.807, 2.05) is 61.5 Å². The fourth-order valence-corrected chi connectivity index (χ4v) is 2.65. The van der Waals surface area contributed by atoms with Gasteiger partial charge in [0, 0.05) is 0 Å². The van der Waals surface area contributed by atoms with E-state index in [-0.39, 0.29) is 5.91 Å². The topological polar surface area (TPSA) is 75.6 Å². The molecule has 0 saturated heterocycles. The van der Waals surface area contributed by atoms with Crippen LogP contribution in [0.3, 0.4) is 0 Å². The van der Waals surface area contributed by atoms with Gasteiger partial charge >= 0.3 is 0 Å². The standard InChI is InChI=1S/C18H15N5O/c1-12-14(11-19-23(12)13-7-3-2-4-8-13)17(24)22-18-20-15-9-5-6-10-16(15)21-18/h2-11H,1H3,(H2,20,21,22,24). The number of H-pyrrole nitrogens is 1. The van der Waals surface area contributed by atoms with E-state index in [9.17, 15) is 4.79 Å². The van der Waals surface area contributed by atoms with Crippen LogP contribution in [-0.2, 0) is 0 Å². The number of amides is 1. The summed E-state index contributed by atoms with van der Waals surface area (Å²) in [7, 11) is 0. The molecule has 0 atom stereocenters. The van der Waals surface area contributed by atoms with Gasteiger partial charge in [-0.15, -0.1) is 0 Å². The summed E-state index contributed by atoms with van der Waals surface area (Å²) in [5.74, 6) is 0.182. The van der Waals surface area contributed by atoms with E-state index in [1.165, 1.54) is 0 Å². The molecule has 0 aliphatic heterocycles. The van der Waals surface area contributed by atoms with Crippen molar-refractivity contribution < 1.29 is 4.79 Å². The molecule has 4 aromatic rings. The molecule has 0 fully saturated rings. The zero-order chi connectivity index (χ0) is 16.5. The van der Waals surface area contributed by atoms with E-state index in [2.05, 4.69) is 20.4 Å². The zero-order valence-corrected chi connectivity index (χ0v) is 13.0. The number of hydrogen-bond donors (Lipinski definition) is 2. The molecule has 0 saturated carbocycles. The molecule has 0 aliphatic rings. The second-order valence-electron chi connectivity index (χ2n) is 5.45. The van der Waals surface area contributed by atoms with Crippen LogP contribution in [0.2, 0.25) is 0 Å². The predicted octanol–water partition coefficient (Wildman–Crippen LogP) is 3.31. The van der Waals surface area contributed by atoms with E-state index in [0.29, 0.717) is 11.5 Å². The van der Waals surface area contributed by atoms with Crippen molar-refractivity contribution in [1.82, 2.24) is 19.7 Å². The molecule has 0 bridgehead atoms. The first-order valence-corrected chi connectivity index (χ1v) is 7.58. The van der Waals surface area contributed by atoms with Crippen LogP contribution < -0.4 is 5.32 Å². The molecule has 0 spiro atoms. The highest BCUT2D eigenvalue weighted by Gasteiger charge is 2.16. The van der Waals surface area contributed by atoms with Gasteiger partial charge in [0.15, 0.2) is 0 Å². The SMILES string of the molecule is Cc1c(C(=O)Nc2nc3ccccc3[nH]2)cnn1-c1ccccc1. The monoisotopic (exact) mass is 317 g/mol. The number of hydrogen-bond acceptors (Lipinski definition) is 3. The van der Waals surface area contributed by atoms with Crippen molar-refractivity contribution in [2.75, 3.05) is 5.32 Å². The first kappa shape index (κ1) is 14.2. The largest absolute Gasteiger partial charge is 0.324 e. The lowest BCUT2D eigenvalue weighted by Crippen LogP contribution is -2.14. The van der Waals surface area contributed by atoms with Crippen molar-refractivity contribution in [1.29, 1.82) is 0 Å². The van der Waals surface area contributed by atoms with Gasteiger partial charge in [0.2, 0.25) is 5.95 Å². The number of benzene rings is 2. The summed E-state index contributed by atoms with van der Waals surface area (Å²) in [4.78, 5) is 20.0. The highest BCUT2D eigenvalue weighted by molar-refractivity contribution is 6.04. The number of nitrogens with zero attached hydrogens (tertiary/aromatic N) is 3. The number of imidazole rings is 1. The Labute approximate surface area is 138 Å². The normalized spacial score (nSPS) is 10.9. The van der Waals surface area contributed by atoms with Gasteiger partial charge in [-0.3, -0.25) is 10.1 Å². The molecule has 2 aromatic carbocycles. The van der Waals surface area contributed by atoms with Crippen LogP contribution in [0.25, 0.3) is 16.7 Å². The number of aromatic nitrogens is 4. The van der Waals surface area contributed by atoms with Crippen molar-refractivity contribution in [3.63, 3.8) is 0 Å². The van der Waals surface area contributed by atoms with Crippen molar-refractivity contribution in [2.45, 2.75) is 6.92 Å². The average molecular weight is 317 g/mol. The molecule has 118 valence electrons. The number of carbonyl (C=O) groups is 1. The molecule has 0 aliphatic carbocycles. The van der Waals surface area contributed by atoms with Gasteiger partial charge in [-0.05, 0) is 31.2 Å². The Hall–Kier alpha value is -3.41. The van der Waals surface area contributed by atoms with Gasteiger partial charge < -0.3 is 4.98 Å². The quantitative estimate of drug-likeness (QED) is 0.608. The molecule has 0 radical (unpaired) electrons. The Kier molecular flexibility index (Phi) is 3.35. The number of anilines is 1. The van der Waals surface area contributed by atoms with Crippen molar-refractivity contribution in [3.8, 4) is 5.69 Å². The lowest BCUT2D eigenvalue weighted by Gasteiger charge is -2.05. The summed E-state index contributed by atoms with van der Waals surface area (Å²) < 4.78 is 1.74. The predicted molar refractivity (Wildman–Crippen MR) is 92.3 cm³/mol. The Morgan fingerprint density at radius 3 is 2.62 bits per heavy atom. The lowest BCUT2D eigenvalue weighted by atomic mass is 10.2. The van der Waals surface area contributed by atoms with Crippen molar-refractivity contribution in [2.24, 2.45) is 0 Å². The first-order valence-electron chi connectivity index (χ1n) is 7.58. The van der Waals surface area contributed by atoms with Crippen LogP contribution in [0.4, 0.5) is 5.95 Å². The molecule has 24 heavy (non-hydrogen) atoms. The minimum absolute atomic E-state index is 0.242. The van der Waals surface area contributed by atoms with Crippen LogP contribution >= 0.6 is 0 Å². The van der Waals surface area contributed by atoms with Gasteiger partial charge in [-0.1, -0.05) is 30.3 Å². The van der Waals surface area contributed by atoms with Crippen LogP contribution in [0.1, 0.15) is 16.1 Å². The third kappa shape index (κ3) is 2.44. The van der Waals surface area contributed by atoms with Crippen molar-refractivity contribution >= 4 is 22.9 Å². The van der Waals surface area contributed by atoms with Crippen LogP contribution in [0.15, 0.2) is 60.8 Å². The lowest BCUT2D eigenvalue weighted by molar-refractivity contribution is 0.102. The van der Waals surface area contributed by atoms with Crippen LogP contribution in [0.5, 0.6) is 0 Å².